The predicted octanol–water partition coefficient (Wildman–Crippen LogP) is 2.10. The largest absolute Gasteiger partial charge is 0.497 e. The molecule has 0 amide bonds. The molecule has 0 aliphatic carbocycles. The highest BCUT2D eigenvalue weighted by atomic mass is 16.5. The topological polar surface area (TPSA) is 72.4 Å². The van der Waals surface area contributed by atoms with Crippen LogP contribution in [0.2, 0.25) is 0 Å². The Morgan fingerprint density at radius 2 is 2.00 bits per heavy atom. The van der Waals surface area contributed by atoms with E-state index < -0.39 is 0 Å². The number of methoxy groups -OCH3 is 2. The number of hydrogen-bond acceptors (Lipinski definition) is 5. The van der Waals surface area contributed by atoms with E-state index in [1.165, 1.54) is 0 Å². The van der Waals surface area contributed by atoms with Gasteiger partial charge in [0.15, 0.2) is 5.96 Å². The second-order valence-corrected chi connectivity index (χ2v) is 6.42. The van der Waals surface area contributed by atoms with Crippen LogP contribution < -0.4 is 14.8 Å². The summed E-state index contributed by atoms with van der Waals surface area (Å²) in [6.07, 6.45) is 2.38. The number of likely N-dealkylation sites (tertiary alicyclic amines) is 1. The quantitative estimate of drug-likeness (QED) is 0.446. The number of hydrogen-bond donors (Lipinski definition) is 1. The molecule has 0 spiro atoms. The highest BCUT2D eigenvalue weighted by molar-refractivity contribution is 5.80. The molecule has 0 saturated carbocycles. The first-order valence-electron chi connectivity index (χ1n) is 9.46. The molecule has 0 radical (unpaired) electrons. The van der Waals surface area contributed by atoms with E-state index in [2.05, 4.69) is 15.2 Å². The van der Waals surface area contributed by atoms with Gasteiger partial charge in [0, 0.05) is 26.7 Å². The van der Waals surface area contributed by atoms with Crippen LogP contribution in [-0.2, 0) is 16.0 Å². The third-order valence-corrected chi connectivity index (χ3v) is 4.79. The lowest BCUT2D eigenvalue weighted by atomic mass is 9.97. The first-order chi connectivity index (χ1) is 13.1. The highest BCUT2D eigenvalue weighted by Gasteiger charge is 2.27. The Balaban J connectivity index is 1.86. The van der Waals surface area contributed by atoms with Crippen LogP contribution in [0, 0.1) is 5.92 Å². The fraction of sp³-hybridized carbons (Fsp3) is 0.600. The summed E-state index contributed by atoms with van der Waals surface area (Å²) in [5, 5.41) is 3.41. The average Bonchev–Trinajstić information content (AvgIpc) is 2.71. The smallest absolute Gasteiger partial charge is 0.309 e. The summed E-state index contributed by atoms with van der Waals surface area (Å²) in [7, 11) is 5.11. The number of aliphatic imine (C=N–C) groups is 1. The van der Waals surface area contributed by atoms with Gasteiger partial charge >= 0.3 is 5.97 Å². The Morgan fingerprint density at radius 1 is 1.26 bits per heavy atom. The molecular formula is C20H31N3O4. The van der Waals surface area contributed by atoms with Gasteiger partial charge in [0.2, 0.25) is 0 Å². The van der Waals surface area contributed by atoms with Gasteiger partial charge in [-0.05, 0) is 49.9 Å². The van der Waals surface area contributed by atoms with Gasteiger partial charge in [-0.3, -0.25) is 9.79 Å². The summed E-state index contributed by atoms with van der Waals surface area (Å²) in [5.74, 6) is 2.45. The Bertz CT molecular complexity index is 640. The molecule has 1 aliphatic heterocycles. The van der Waals surface area contributed by atoms with Crippen LogP contribution in [0.1, 0.15) is 25.3 Å². The van der Waals surface area contributed by atoms with Crippen molar-refractivity contribution >= 4 is 11.9 Å². The van der Waals surface area contributed by atoms with Gasteiger partial charge in [0.05, 0.1) is 26.7 Å². The molecule has 1 aliphatic rings. The van der Waals surface area contributed by atoms with E-state index in [-0.39, 0.29) is 11.9 Å². The van der Waals surface area contributed by atoms with Gasteiger partial charge in [0.1, 0.15) is 11.5 Å². The number of nitrogens with one attached hydrogen (secondary N) is 1. The second-order valence-electron chi connectivity index (χ2n) is 6.42. The minimum Gasteiger partial charge on any atom is -0.497 e. The summed E-state index contributed by atoms with van der Waals surface area (Å²) < 4.78 is 15.9. The van der Waals surface area contributed by atoms with E-state index in [4.69, 9.17) is 14.2 Å². The molecular weight excluding hydrogens is 346 g/mol. The monoisotopic (exact) mass is 377 g/mol. The number of benzene rings is 1. The first-order valence-corrected chi connectivity index (χ1v) is 9.46. The van der Waals surface area contributed by atoms with E-state index in [0.717, 1.165) is 61.9 Å². The summed E-state index contributed by atoms with van der Waals surface area (Å²) in [6, 6.07) is 5.81. The first kappa shape index (κ1) is 20.9. The van der Waals surface area contributed by atoms with Crippen LogP contribution in [0.4, 0.5) is 0 Å². The van der Waals surface area contributed by atoms with Crippen molar-refractivity contribution in [1.29, 1.82) is 0 Å². The van der Waals surface area contributed by atoms with Gasteiger partial charge in [-0.25, -0.2) is 0 Å². The van der Waals surface area contributed by atoms with Gasteiger partial charge < -0.3 is 24.4 Å². The molecule has 1 aromatic carbocycles. The maximum Gasteiger partial charge on any atom is 0.309 e. The number of nitrogens with zero attached hydrogens (tertiary/aromatic N) is 2. The maximum atomic E-state index is 11.9. The van der Waals surface area contributed by atoms with Gasteiger partial charge in [-0.1, -0.05) is 0 Å². The van der Waals surface area contributed by atoms with Crippen LogP contribution in [0.3, 0.4) is 0 Å². The van der Waals surface area contributed by atoms with Crippen LogP contribution >= 0.6 is 0 Å². The van der Waals surface area contributed by atoms with Crippen LogP contribution in [0.5, 0.6) is 11.5 Å². The molecule has 0 bridgehead atoms. The fourth-order valence-corrected chi connectivity index (χ4v) is 3.31. The van der Waals surface area contributed by atoms with E-state index in [1.807, 2.05) is 25.1 Å². The van der Waals surface area contributed by atoms with E-state index in [0.29, 0.717) is 6.61 Å². The number of carbonyl (C=O) groups excluding carboxylic acids is 1. The lowest BCUT2D eigenvalue weighted by Gasteiger charge is -2.33. The summed E-state index contributed by atoms with van der Waals surface area (Å²) in [5.41, 5.74) is 1.08. The van der Waals surface area contributed by atoms with Gasteiger partial charge in [0.25, 0.3) is 0 Å². The summed E-state index contributed by atoms with van der Waals surface area (Å²) in [6.45, 7) is 4.61. The molecule has 27 heavy (non-hydrogen) atoms. The molecule has 1 heterocycles. The number of ether oxygens (including phenoxy) is 3. The SMILES string of the molecule is CCOC(=O)C1CCN(C(=NC)NCCc2cc(OC)ccc2OC)CC1. The van der Waals surface area contributed by atoms with Crippen molar-refractivity contribution in [2.75, 3.05) is 47.5 Å². The van der Waals surface area contributed by atoms with Crippen LogP contribution in [0.15, 0.2) is 23.2 Å². The van der Waals surface area contributed by atoms with Crippen LogP contribution in [-0.4, -0.2) is 64.3 Å². The fourth-order valence-electron chi connectivity index (χ4n) is 3.31. The number of esters is 1. The third kappa shape index (κ3) is 5.77. The van der Waals surface area contributed by atoms with Crippen molar-refractivity contribution < 1.29 is 19.0 Å². The molecule has 2 rings (SSSR count). The maximum absolute atomic E-state index is 11.9. The molecule has 1 N–H and O–H groups in total. The van der Waals surface area contributed by atoms with Gasteiger partial charge in [-0.15, -0.1) is 0 Å². The van der Waals surface area contributed by atoms with Crippen molar-refractivity contribution in [3.63, 3.8) is 0 Å². The van der Waals surface area contributed by atoms with Crippen molar-refractivity contribution in [3.8, 4) is 11.5 Å². The lowest BCUT2D eigenvalue weighted by molar-refractivity contribution is -0.149. The Labute approximate surface area is 161 Å². The second kappa shape index (κ2) is 10.6. The molecule has 0 aromatic heterocycles. The van der Waals surface area contributed by atoms with Crippen molar-refractivity contribution in [2.45, 2.75) is 26.2 Å². The lowest BCUT2D eigenvalue weighted by Crippen LogP contribution is -2.47. The zero-order valence-electron chi connectivity index (χ0n) is 16.8. The molecule has 1 fully saturated rings. The molecule has 150 valence electrons. The summed E-state index contributed by atoms with van der Waals surface area (Å²) >= 11 is 0. The molecule has 1 aromatic rings. The Kier molecular flexibility index (Phi) is 8.23. The summed E-state index contributed by atoms with van der Waals surface area (Å²) in [4.78, 5) is 18.5. The minimum atomic E-state index is -0.0785. The number of piperidine rings is 1. The van der Waals surface area contributed by atoms with Crippen molar-refractivity contribution in [1.82, 2.24) is 10.2 Å². The number of rotatable bonds is 7. The zero-order chi connectivity index (χ0) is 19.6. The molecule has 0 unspecified atom stereocenters. The number of carbonyl (C=O) groups is 1. The minimum absolute atomic E-state index is 0.000325. The highest BCUT2D eigenvalue weighted by Crippen LogP contribution is 2.24. The van der Waals surface area contributed by atoms with Gasteiger partial charge in [-0.2, -0.15) is 0 Å². The average molecular weight is 377 g/mol. The zero-order valence-corrected chi connectivity index (χ0v) is 16.8. The molecule has 0 atom stereocenters. The predicted molar refractivity (Wildman–Crippen MR) is 106 cm³/mol. The molecule has 1 saturated heterocycles. The number of guanidine groups is 1. The third-order valence-electron chi connectivity index (χ3n) is 4.79. The Morgan fingerprint density at radius 3 is 2.59 bits per heavy atom. The van der Waals surface area contributed by atoms with Crippen molar-refractivity contribution in [3.05, 3.63) is 23.8 Å². The Hall–Kier alpha value is -2.44. The standard InChI is InChI=1S/C20H31N3O4/c1-5-27-19(24)15-9-12-23(13-10-15)20(21-2)22-11-8-16-14-17(25-3)6-7-18(16)26-4/h6-7,14-15H,5,8-13H2,1-4H3,(H,21,22). The van der Waals surface area contributed by atoms with E-state index in [9.17, 15) is 4.79 Å². The normalized spacial score (nSPS) is 15.4. The molecule has 7 heteroatoms. The van der Waals surface area contributed by atoms with Crippen molar-refractivity contribution in [2.24, 2.45) is 10.9 Å². The van der Waals surface area contributed by atoms with E-state index in [1.54, 1.807) is 21.3 Å². The molecule has 7 nitrogen and oxygen atoms in total. The van der Waals surface area contributed by atoms with E-state index >= 15 is 0 Å². The van der Waals surface area contributed by atoms with Crippen LogP contribution in [0.25, 0.3) is 0 Å².